The highest BCUT2D eigenvalue weighted by molar-refractivity contribution is 7.16. The van der Waals surface area contributed by atoms with E-state index < -0.39 is 11.8 Å². The van der Waals surface area contributed by atoms with Crippen LogP contribution in [0.1, 0.15) is 77.6 Å². The summed E-state index contributed by atoms with van der Waals surface area (Å²) in [6, 6.07) is 11.8. The Bertz CT molecular complexity index is 1730. The van der Waals surface area contributed by atoms with Crippen molar-refractivity contribution < 1.29 is 9.59 Å². The fourth-order valence-electron chi connectivity index (χ4n) is 6.17. The average molecular weight is 569 g/mol. The highest BCUT2D eigenvalue weighted by Gasteiger charge is 2.44. The number of aryl methyl sites for hydroxylation is 1. The molecule has 10 heteroatoms. The van der Waals surface area contributed by atoms with Crippen LogP contribution >= 0.6 is 22.9 Å². The normalized spacial score (nSPS) is 17.9. The number of allylic oxidation sites excluding steroid dienone is 2. The molecule has 3 aromatic rings. The maximum Gasteiger partial charge on any atom is 0.222 e. The molecule has 1 amide bonds. The largest absolute Gasteiger partial charge is 0.397 e. The Labute approximate surface area is 240 Å². The zero-order valence-electron chi connectivity index (χ0n) is 21.8. The quantitative estimate of drug-likeness (QED) is 0.381. The van der Waals surface area contributed by atoms with Crippen LogP contribution in [0.2, 0.25) is 5.02 Å². The number of hydrogen-bond acceptors (Lipinski definition) is 8. The minimum absolute atomic E-state index is 0.00875. The van der Waals surface area contributed by atoms with Gasteiger partial charge in [-0.25, -0.2) is 4.98 Å². The summed E-state index contributed by atoms with van der Waals surface area (Å²) in [7, 11) is 0. The molecule has 1 atom stereocenters. The molecule has 3 heterocycles. The summed E-state index contributed by atoms with van der Waals surface area (Å²) >= 11 is 7.97. The van der Waals surface area contributed by atoms with Gasteiger partial charge in [0.15, 0.2) is 11.6 Å². The third-order valence-electron chi connectivity index (χ3n) is 7.80. The molecular formula is C30H25ClN6O2S. The van der Waals surface area contributed by atoms with Gasteiger partial charge in [0.2, 0.25) is 5.91 Å². The first-order valence-electron chi connectivity index (χ1n) is 13.2. The number of aromatic nitrogens is 1. The number of carbonyl (C=O) groups excluding carboxylic acids is 2. The lowest BCUT2D eigenvalue weighted by molar-refractivity contribution is -0.116. The number of thiophene rings is 1. The molecule has 0 spiro atoms. The van der Waals surface area contributed by atoms with E-state index in [1.54, 1.807) is 23.5 Å². The van der Waals surface area contributed by atoms with E-state index in [1.165, 1.54) is 11.8 Å². The molecule has 0 fully saturated rings. The summed E-state index contributed by atoms with van der Waals surface area (Å²) in [5.41, 5.74) is 11.2. The Hall–Kier alpha value is -4.18. The molecular weight excluding hydrogens is 544 g/mol. The molecule has 2 aliphatic carbocycles. The summed E-state index contributed by atoms with van der Waals surface area (Å²) in [6.07, 6.45) is 5.43. The third-order valence-corrected chi connectivity index (χ3v) is 9.31. The van der Waals surface area contributed by atoms with Crippen LogP contribution < -0.4 is 16.0 Å². The monoisotopic (exact) mass is 568 g/mol. The van der Waals surface area contributed by atoms with Crippen molar-refractivity contribution in [3.05, 3.63) is 73.3 Å². The standard InChI is InChI=1S/C30H25ClN6O2S/c1-15(38)35-28-20(14-33)27(34)26-24(16-6-4-7-17(31)12-16)25-21(9-5-10-22(25)39)37(29(26)36-28)30-19(13-32)18-8-2-3-11-23(18)40-30/h4,6-7,12,24H,2-3,5,8-11H2,1H3,(H3,34,35,36,38). The van der Waals surface area contributed by atoms with Crippen LogP contribution in [0.4, 0.5) is 22.3 Å². The fourth-order valence-corrected chi connectivity index (χ4v) is 7.74. The molecule has 1 aliphatic heterocycles. The number of nitrogens with zero attached hydrogens (tertiary/aromatic N) is 4. The number of rotatable bonds is 3. The van der Waals surface area contributed by atoms with Gasteiger partial charge in [-0.1, -0.05) is 23.7 Å². The number of hydrogen-bond donors (Lipinski definition) is 2. The molecule has 8 nitrogen and oxygen atoms in total. The van der Waals surface area contributed by atoms with Crippen molar-refractivity contribution in [1.29, 1.82) is 10.5 Å². The molecule has 1 unspecified atom stereocenters. The Morgan fingerprint density at radius 1 is 1.15 bits per heavy atom. The van der Waals surface area contributed by atoms with E-state index in [1.807, 2.05) is 17.0 Å². The average Bonchev–Trinajstić information content (AvgIpc) is 3.30. The van der Waals surface area contributed by atoms with E-state index in [0.29, 0.717) is 51.8 Å². The van der Waals surface area contributed by atoms with Crippen molar-refractivity contribution in [1.82, 2.24) is 4.98 Å². The molecule has 0 saturated heterocycles. The number of carbonyl (C=O) groups is 2. The van der Waals surface area contributed by atoms with Crippen molar-refractivity contribution in [2.45, 2.75) is 57.8 Å². The summed E-state index contributed by atoms with van der Waals surface area (Å²) in [6.45, 7) is 1.34. The number of nitriles is 2. The number of pyridine rings is 1. The van der Waals surface area contributed by atoms with E-state index >= 15 is 0 Å². The predicted octanol–water partition coefficient (Wildman–Crippen LogP) is 6.25. The first kappa shape index (κ1) is 26.1. The zero-order chi connectivity index (χ0) is 28.1. The molecule has 200 valence electrons. The van der Waals surface area contributed by atoms with Gasteiger partial charge in [-0.2, -0.15) is 10.5 Å². The van der Waals surface area contributed by atoms with E-state index in [4.69, 9.17) is 22.3 Å². The highest BCUT2D eigenvalue weighted by atomic mass is 35.5. The van der Waals surface area contributed by atoms with Crippen molar-refractivity contribution >= 4 is 57.0 Å². The van der Waals surface area contributed by atoms with Crippen LogP contribution in [0.5, 0.6) is 0 Å². The number of benzene rings is 1. The van der Waals surface area contributed by atoms with Gasteiger partial charge in [-0.3, -0.25) is 14.5 Å². The molecule has 0 saturated carbocycles. The molecule has 1 aromatic carbocycles. The van der Waals surface area contributed by atoms with Gasteiger partial charge in [0.1, 0.15) is 28.5 Å². The number of halogens is 1. The maximum atomic E-state index is 13.7. The fraction of sp³-hybridized carbons (Fsp3) is 0.300. The summed E-state index contributed by atoms with van der Waals surface area (Å²) in [4.78, 5) is 33.8. The van der Waals surface area contributed by atoms with Crippen LogP contribution in [0.15, 0.2) is 35.5 Å². The van der Waals surface area contributed by atoms with Gasteiger partial charge in [0, 0.05) is 46.0 Å². The summed E-state index contributed by atoms with van der Waals surface area (Å²) in [5.74, 6) is -0.556. The van der Waals surface area contributed by atoms with Gasteiger partial charge >= 0.3 is 0 Å². The lowest BCUT2D eigenvalue weighted by Gasteiger charge is -2.40. The van der Waals surface area contributed by atoms with Crippen LogP contribution in [-0.4, -0.2) is 16.7 Å². The molecule has 2 aromatic heterocycles. The van der Waals surface area contributed by atoms with E-state index in [-0.39, 0.29) is 22.9 Å². The van der Waals surface area contributed by atoms with Crippen LogP contribution in [0.3, 0.4) is 0 Å². The number of amides is 1. The molecule has 6 rings (SSSR count). The molecule has 3 aliphatic rings. The molecule has 3 N–H and O–H groups in total. The van der Waals surface area contributed by atoms with E-state index in [2.05, 4.69) is 17.5 Å². The smallest absolute Gasteiger partial charge is 0.222 e. The molecule has 0 bridgehead atoms. The second kappa shape index (κ2) is 10.1. The Morgan fingerprint density at radius 3 is 2.65 bits per heavy atom. The molecule has 40 heavy (non-hydrogen) atoms. The van der Waals surface area contributed by atoms with Crippen LogP contribution in [0.25, 0.3) is 0 Å². The van der Waals surface area contributed by atoms with Crippen molar-refractivity contribution in [3.8, 4) is 12.1 Å². The first-order valence-corrected chi connectivity index (χ1v) is 14.4. The second-order valence-electron chi connectivity index (χ2n) is 10.2. The Balaban J connectivity index is 1.73. The SMILES string of the molecule is CC(=O)Nc1nc2c(c(N)c1C#N)C(c1cccc(Cl)c1)C1=C(CCCC1=O)N2c1sc2c(c1C#N)CCCC2. The van der Waals surface area contributed by atoms with E-state index in [9.17, 15) is 20.1 Å². The summed E-state index contributed by atoms with van der Waals surface area (Å²) < 4.78 is 0. The number of fused-ring (bicyclic) bond motifs is 2. The first-order chi connectivity index (χ1) is 19.3. The minimum Gasteiger partial charge on any atom is -0.397 e. The van der Waals surface area contributed by atoms with Crippen LogP contribution in [-0.2, 0) is 22.4 Å². The van der Waals surface area contributed by atoms with Gasteiger partial charge in [0.25, 0.3) is 0 Å². The topological polar surface area (TPSA) is 136 Å². The Kier molecular flexibility index (Phi) is 6.58. The van der Waals surface area contributed by atoms with Gasteiger partial charge in [0.05, 0.1) is 11.3 Å². The number of Topliss-reactive ketones (excluding diaryl/α,β-unsaturated/α-hetero) is 1. The third kappa shape index (κ3) is 4.05. The van der Waals surface area contributed by atoms with Crippen molar-refractivity contribution in [3.63, 3.8) is 0 Å². The van der Waals surface area contributed by atoms with E-state index in [0.717, 1.165) is 42.5 Å². The van der Waals surface area contributed by atoms with Gasteiger partial charge in [-0.05, 0) is 61.8 Å². The number of nitrogens with two attached hydrogens (primary N) is 1. The predicted molar refractivity (Wildman–Crippen MR) is 155 cm³/mol. The lowest BCUT2D eigenvalue weighted by atomic mass is 9.74. The van der Waals surface area contributed by atoms with Crippen molar-refractivity contribution in [2.24, 2.45) is 0 Å². The molecule has 0 radical (unpaired) electrons. The highest BCUT2D eigenvalue weighted by Crippen LogP contribution is 2.55. The van der Waals surface area contributed by atoms with Gasteiger partial charge in [-0.15, -0.1) is 11.3 Å². The number of ketones is 1. The number of nitrogen functional groups attached to an aromatic ring is 1. The van der Waals surface area contributed by atoms with Crippen molar-refractivity contribution in [2.75, 3.05) is 16.0 Å². The maximum absolute atomic E-state index is 13.7. The number of anilines is 4. The lowest BCUT2D eigenvalue weighted by Crippen LogP contribution is -2.34. The second-order valence-corrected chi connectivity index (χ2v) is 11.8. The minimum atomic E-state index is -0.612. The zero-order valence-corrected chi connectivity index (χ0v) is 23.4. The van der Waals surface area contributed by atoms with Crippen LogP contribution in [0, 0.1) is 22.7 Å². The number of nitrogens with one attached hydrogen (secondary N) is 1. The Morgan fingerprint density at radius 2 is 1.93 bits per heavy atom. The summed E-state index contributed by atoms with van der Waals surface area (Å²) in [5, 5.41) is 24.3. The van der Waals surface area contributed by atoms with Gasteiger partial charge < -0.3 is 11.1 Å².